The Hall–Kier alpha value is -1.91. The summed E-state index contributed by atoms with van der Waals surface area (Å²) >= 11 is 0. The second-order valence-corrected chi connectivity index (χ2v) is 3.64. The summed E-state index contributed by atoms with van der Waals surface area (Å²) < 4.78 is 0. The van der Waals surface area contributed by atoms with E-state index in [1.807, 2.05) is 0 Å². The third-order valence-electron chi connectivity index (χ3n) is 2.27. The fraction of sp³-hybridized carbons (Fsp3) is 0.364. The first-order valence-electron chi connectivity index (χ1n) is 4.94. The van der Waals surface area contributed by atoms with E-state index in [-0.39, 0.29) is 12.5 Å². The maximum atomic E-state index is 11.6. The van der Waals surface area contributed by atoms with Gasteiger partial charge in [0, 0.05) is 18.9 Å². The standard InChI is InChI=1S/C11H14N2O3/c1-7-3-4-12-6-9(7)10(14)13-5-8(2)11(15)16/h3-4,6,8H,5H2,1-2H3,(H,13,14)(H,15,16). The minimum atomic E-state index is -0.928. The average Bonchev–Trinajstić information content (AvgIpc) is 2.25. The van der Waals surface area contributed by atoms with Crippen molar-refractivity contribution >= 4 is 11.9 Å². The molecular formula is C11H14N2O3. The van der Waals surface area contributed by atoms with Crippen molar-refractivity contribution in [1.82, 2.24) is 10.3 Å². The summed E-state index contributed by atoms with van der Waals surface area (Å²) in [6, 6.07) is 1.73. The van der Waals surface area contributed by atoms with Crippen molar-refractivity contribution in [3.8, 4) is 0 Å². The van der Waals surface area contributed by atoms with Crippen molar-refractivity contribution in [2.24, 2.45) is 5.92 Å². The van der Waals surface area contributed by atoms with Gasteiger partial charge < -0.3 is 10.4 Å². The number of amides is 1. The quantitative estimate of drug-likeness (QED) is 0.791. The van der Waals surface area contributed by atoms with Crippen molar-refractivity contribution in [3.63, 3.8) is 0 Å². The molecule has 1 amide bonds. The second kappa shape index (κ2) is 5.25. The molecule has 1 unspecified atom stereocenters. The first kappa shape index (κ1) is 12.2. The first-order valence-corrected chi connectivity index (χ1v) is 4.94. The highest BCUT2D eigenvalue weighted by Gasteiger charge is 2.14. The number of carbonyl (C=O) groups excluding carboxylic acids is 1. The predicted octanol–water partition coefficient (Wildman–Crippen LogP) is 0.841. The van der Waals surface area contributed by atoms with E-state index in [2.05, 4.69) is 10.3 Å². The van der Waals surface area contributed by atoms with Crippen LogP contribution in [0.3, 0.4) is 0 Å². The molecule has 1 atom stereocenters. The normalized spacial score (nSPS) is 11.9. The number of nitrogens with zero attached hydrogens (tertiary/aromatic N) is 1. The number of aliphatic carboxylic acids is 1. The van der Waals surface area contributed by atoms with Crippen LogP contribution in [0.15, 0.2) is 18.5 Å². The molecule has 0 fully saturated rings. The van der Waals surface area contributed by atoms with Gasteiger partial charge in [0.25, 0.3) is 5.91 Å². The van der Waals surface area contributed by atoms with Crippen LogP contribution in [0.25, 0.3) is 0 Å². The Morgan fingerprint density at radius 1 is 1.56 bits per heavy atom. The maximum absolute atomic E-state index is 11.6. The van der Waals surface area contributed by atoms with Crippen molar-refractivity contribution in [3.05, 3.63) is 29.6 Å². The van der Waals surface area contributed by atoms with E-state index in [9.17, 15) is 9.59 Å². The molecular weight excluding hydrogens is 208 g/mol. The zero-order chi connectivity index (χ0) is 12.1. The lowest BCUT2D eigenvalue weighted by Crippen LogP contribution is -2.31. The van der Waals surface area contributed by atoms with E-state index in [1.165, 1.54) is 6.20 Å². The molecule has 2 N–H and O–H groups in total. The molecule has 1 aromatic heterocycles. The van der Waals surface area contributed by atoms with Gasteiger partial charge in [0.05, 0.1) is 11.5 Å². The third-order valence-corrected chi connectivity index (χ3v) is 2.27. The highest BCUT2D eigenvalue weighted by molar-refractivity contribution is 5.95. The van der Waals surface area contributed by atoms with Crippen LogP contribution in [-0.4, -0.2) is 28.5 Å². The summed E-state index contributed by atoms with van der Waals surface area (Å²) in [7, 11) is 0. The lowest BCUT2D eigenvalue weighted by molar-refractivity contribution is -0.140. The molecule has 0 spiro atoms. The number of nitrogens with one attached hydrogen (secondary N) is 1. The Morgan fingerprint density at radius 3 is 2.81 bits per heavy atom. The Balaban J connectivity index is 2.60. The highest BCUT2D eigenvalue weighted by Crippen LogP contribution is 2.04. The summed E-state index contributed by atoms with van der Waals surface area (Å²) in [5.41, 5.74) is 1.29. The van der Waals surface area contributed by atoms with Crippen LogP contribution in [0, 0.1) is 12.8 Å². The minimum Gasteiger partial charge on any atom is -0.481 e. The summed E-state index contributed by atoms with van der Waals surface area (Å²) in [6.45, 7) is 3.46. The second-order valence-electron chi connectivity index (χ2n) is 3.64. The lowest BCUT2D eigenvalue weighted by atomic mass is 10.1. The van der Waals surface area contributed by atoms with Crippen LogP contribution < -0.4 is 5.32 Å². The number of carboxylic acids is 1. The molecule has 16 heavy (non-hydrogen) atoms. The number of rotatable bonds is 4. The van der Waals surface area contributed by atoms with Crippen LogP contribution in [0.4, 0.5) is 0 Å². The van der Waals surface area contributed by atoms with Gasteiger partial charge in [0.15, 0.2) is 0 Å². The molecule has 5 heteroatoms. The Morgan fingerprint density at radius 2 is 2.25 bits per heavy atom. The fourth-order valence-electron chi connectivity index (χ4n) is 1.13. The van der Waals surface area contributed by atoms with Gasteiger partial charge in [-0.3, -0.25) is 14.6 Å². The van der Waals surface area contributed by atoms with E-state index in [0.717, 1.165) is 5.56 Å². The lowest BCUT2D eigenvalue weighted by Gasteiger charge is -2.09. The molecule has 0 aliphatic heterocycles. The zero-order valence-corrected chi connectivity index (χ0v) is 9.23. The molecule has 0 saturated heterocycles. The van der Waals surface area contributed by atoms with Crippen molar-refractivity contribution in [2.75, 3.05) is 6.54 Å². The molecule has 1 heterocycles. The van der Waals surface area contributed by atoms with Crippen LogP contribution in [0.2, 0.25) is 0 Å². The van der Waals surface area contributed by atoms with Crippen LogP contribution in [-0.2, 0) is 4.79 Å². The van der Waals surface area contributed by atoms with Gasteiger partial charge in [-0.15, -0.1) is 0 Å². The SMILES string of the molecule is Cc1ccncc1C(=O)NCC(C)C(=O)O. The zero-order valence-electron chi connectivity index (χ0n) is 9.23. The molecule has 1 aromatic rings. The predicted molar refractivity (Wildman–Crippen MR) is 58.1 cm³/mol. The van der Waals surface area contributed by atoms with E-state index >= 15 is 0 Å². The molecule has 0 radical (unpaired) electrons. The van der Waals surface area contributed by atoms with Crippen molar-refractivity contribution in [2.45, 2.75) is 13.8 Å². The van der Waals surface area contributed by atoms with Crippen molar-refractivity contribution < 1.29 is 14.7 Å². The summed E-state index contributed by atoms with van der Waals surface area (Å²) in [5.74, 6) is -1.82. The topological polar surface area (TPSA) is 79.3 Å². The third kappa shape index (κ3) is 3.05. The van der Waals surface area contributed by atoms with Crippen molar-refractivity contribution in [1.29, 1.82) is 0 Å². The summed E-state index contributed by atoms with van der Waals surface area (Å²) in [4.78, 5) is 26.1. The number of aryl methyl sites for hydroxylation is 1. The van der Waals surface area contributed by atoms with E-state index in [0.29, 0.717) is 5.56 Å². The number of carbonyl (C=O) groups is 2. The van der Waals surface area contributed by atoms with Gasteiger partial charge in [-0.1, -0.05) is 6.92 Å². The number of carboxylic acid groups (broad SMARTS) is 1. The monoisotopic (exact) mass is 222 g/mol. The minimum absolute atomic E-state index is 0.114. The van der Waals surface area contributed by atoms with Gasteiger partial charge in [0.1, 0.15) is 0 Å². The number of pyridine rings is 1. The fourth-order valence-corrected chi connectivity index (χ4v) is 1.13. The molecule has 0 aromatic carbocycles. The Bertz CT molecular complexity index is 404. The summed E-state index contributed by atoms with van der Waals surface area (Å²) in [6.07, 6.45) is 3.07. The van der Waals surface area contributed by atoms with Gasteiger partial charge in [-0.2, -0.15) is 0 Å². The van der Waals surface area contributed by atoms with Gasteiger partial charge >= 0.3 is 5.97 Å². The van der Waals surface area contributed by atoms with Crippen LogP contribution in [0.5, 0.6) is 0 Å². The molecule has 0 aliphatic carbocycles. The number of aromatic nitrogens is 1. The van der Waals surface area contributed by atoms with E-state index in [4.69, 9.17) is 5.11 Å². The molecule has 0 saturated carbocycles. The highest BCUT2D eigenvalue weighted by atomic mass is 16.4. The number of hydrogen-bond acceptors (Lipinski definition) is 3. The molecule has 5 nitrogen and oxygen atoms in total. The molecule has 0 aliphatic rings. The van der Waals surface area contributed by atoms with E-state index in [1.54, 1.807) is 26.1 Å². The van der Waals surface area contributed by atoms with E-state index < -0.39 is 11.9 Å². The average molecular weight is 222 g/mol. The Kier molecular flexibility index (Phi) is 3.99. The first-order chi connectivity index (χ1) is 7.52. The number of hydrogen-bond donors (Lipinski definition) is 2. The molecule has 0 bridgehead atoms. The molecule has 86 valence electrons. The van der Waals surface area contributed by atoms with Crippen LogP contribution in [0.1, 0.15) is 22.8 Å². The largest absolute Gasteiger partial charge is 0.481 e. The summed E-state index contributed by atoms with van der Waals surface area (Å²) in [5, 5.41) is 11.2. The van der Waals surface area contributed by atoms with Crippen LogP contribution >= 0.6 is 0 Å². The molecule has 1 rings (SSSR count). The maximum Gasteiger partial charge on any atom is 0.308 e. The van der Waals surface area contributed by atoms with Gasteiger partial charge in [0.2, 0.25) is 0 Å². The Labute approximate surface area is 93.5 Å². The smallest absolute Gasteiger partial charge is 0.308 e. The van der Waals surface area contributed by atoms with Gasteiger partial charge in [-0.25, -0.2) is 0 Å². The van der Waals surface area contributed by atoms with Gasteiger partial charge in [-0.05, 0) is 18.6 Å².